The Labute approximate surface area is 125 Å². The summed E-state index contributed by atoms with van der Waals surface area (Å²) in [5, 5.41) is 4.93. The highest BCUT2D eigenvalue weighted by molar-refractivity contribution is 7.18. The first-order valence-corrected chi connectivity index (χ1v) is 8.32. The highest BCUT2D eigenvalue weighted by Gasteiger charge is 2.27. The summed E-state index contributed by atoms with van der Waals surface area (Å²) in [6.45, 7) is 8.99. The summed E-state index contributed by atoms with van der Waals surface area (Å²) in [7, 11) is 0. The van der Waals surface area contributed by atoms with Crippen molar-refractivity contribution in [1.29, 1.82) is 0 Å². The Kier molecular flexibility index (Phi) is 4.06. The number of para-hydroxylation sites is 1. The lowest BCUT2D eigenvalue weighted by Gasteiger charge is -2.32. The van der Waals surface area contributed by atoms with Crippen LogP contribution in [0.2, 0.25) is 0 Å². The summed E-state index contributed by atoms with van der Waals surface area (Å²) in [5.74, 6) is 0. The highest BCUT2D eigenvalue weighted by atomic mass is 32.1. The molecule has 3 rings (SSSR count). The van der Waals surface area contributed by atoms with Crippen LogP contribution in [0.25, 0.3) is 10.2 Å². The Morgan fingerprint density at radius 2 is 2.25 bits per heavy atom. The van der Waals surface area contributed by atoms with Crippen LogP contribution in [0, 0.1) is 0 Å². The number of benzene rings is 1. The molecule has 0 saturated carbocycles. The van der Waals surface area contributed by atoms with Gasteiger partial charge < -0.3 is 5.32 Å². The van der Waals surface area contributed by atoms with E-state index < -0.39 is 0 Å². The smallest absolute Gasteiger partial charge is 0.108 e. The van der Waals surface area contributed by atoms with Crippen LogP contribution >= 0.6 is 11.3 Å². The number of hydrogen-bond donors (Lipinski definition) is 1. The van der Waals surface area contributed by atoms with Gasteiger partial charge in [-0.3, -0.25) is 4.90 Å². The zero-order valence-corrected chi connectivity index (χ0v) is 13.2. The van der Waals surface area contributed by atoms with Crippen molar-refractivity contribution >= 4 is 21.6 Å². The summed E-state index contributed by atoms with van der Waals surface area (Å²) in [5.41, 5.74) is 1.38. The average Bonchev–Trinajstić information content (AvgIpc) is 2.75. The summed E-state index contributed by atoms with van der Waals surface area (Å²) in [4.78, 5) is 7.32. The molecule has 1 aliphatic heterocycles. The molecule has 1 aromatic heterocycles. The summed E-state index contributed by atoms with van der Waals surface area (Å²) >= 11 is 1.83. The number of aromatic nitrogens is 1. The molecular weight excluding hydrogens is 266 g/mol. The minimum absolute atomic E-state index is 0.243. The summed E-state index contributed by atoms with van der Waals surface area (Å²) in [6.07, 6.45) is 2.39. The highest BCUT2D eigenvalue weighted by Crippen LogP contribution is 2.24. The van der Waals surface area contributed by atoms with E-state index in [1.807, 2.05) is 11.3 Å². The van der Waals surface area contributed by atoms with Crippen LogP contribution in [0.15, 0.2) is 24.3 Å². The molecule has 3 nitrogen and oxygen atoms in total. The van der Waals surface area contributed by atoms with Crippen molar-refractivity contribution in [1.82, 2.24) is 15.2 Å². The van der Waals surface area contributed by atoms with Crippen LogP contribution < -0.4 is 5.32 Å². The van der Waals surface area contributed by atoms with Gasteiger partial charge in [-0.05, 0) is 45.0 Å². The number of hydrogen-bond acceptors (Lipinski definition) is 4. The maximum Gasteiger partial charge on any atom is 0.108 e. The van der Waals surface area contributed by atoms with Crippen LogP contribution in [0.3, 0.4) is 0 Å². The van der Waals surface area contributed by atoms with Gasteiger partial charge in [0, 0.05) is 12.1 Å². The monoisotopic (exact) mass is 289 g/mol. The van der Waals surface area contributed by atoms with Gasteiger partial charge in [0.25, 0.3) is 0 Å². The van der Waals surface area contributed by atoms with E-state index in [-0.39, 0.29) is 5.54 Å². The van der Waals surface area contributed by atoms with Gasteiger partial charge in [-0.1, -0.05) is 19.1 Å². The average molecular weight is 289 g/mol. The van der Waals surface area contributed by atoms with Gasteiger partial charge in [0.1, 0.15) is 5.01 Å². The SMILES string of the molecule is CCC1(C)CN(Cc2nc3ccccc3s2)CCCN1. The molecule has 1 atom stereocenters. The predicted molar refractivity (Wildman–Crippen MR) is 86.2 cm³/mol. The first-order chi connectivity index (χ1) is 9.68. The third-order valence-corrected chi connectivity index (χ3v) is 5.27. The fourth-order valence-corrected chi connectivity index (χ4v) is 3.88. The quantitative estimate of drug-likeness (QED) is 0.940. The zero-order chi connectivity index (χ0) is 14.0. The normalized spacial score (nSPS) is 24.9. The molecule has 0 amide bonds. The number of rotatable bonds is 3. The fourth-order valence-electron chi connectivity index (χ4n) is 2.87. The Hall–Kier alpha value is -0.970. The maximum atomic E-state index is 4.77. The molecule has 1 N–H and O–H groups in total. The van der Waals surface area contributed by atoms with Crippen molar-refractivity contribution in [2.45, 2.75) is 38.8 Å². The lowest BCUT2D eigenvalue weighted by atomic mass is 9.99. The van der Waals surface area contributed by atoms with Crippen LogP contribution in [0.5, 0.6) is 0 Å². The predicted octanol–water partition coefficient (Wildman–Crippen LogP) is 3.26. The second kappa shape index (κ2) is 5.80. The van der Waals surface area contributed by atoms with Crippen molar-refractivity contribution in [3.63, 3.8) is 0 Å². The van der Waals surface area contributed by atoms with Gasteiger partial charge in [-0.2, -0.15) is 0 Å². The molecule has 1 saturated heterocycles. The van der Waals surface area contributed by atoms with Crippen molar-refractivity contribution in [3.8, 4) is 0 Å². The van der Waals surface area contributed by atoms with Gasteiger partial charge in [-0.15, -0.1) is 11.3 Å². The van der Waals surface area contributed by atoms with Crippen molar-refractivity contribution in [2.75, 3.05) is 19.6 Å². The minimum Gasteiger partial charge on any atom is -0.310 e. The van der Waals surface area contributed by atoms with E-state index in [1.165, 1.54) is 29.1 Å². The third-order valence-electron chi connectivity index (χ3n) is 4.25. The molecule has 0 aliphatic carbocycles. The van der Waals surface area contributed by atoms with Crippen LogP contribution in [-0.2, 0) is 6.54 Å². The van der Waals surface area contributed by atoms with Gasteiger partial charge in [-0.25, -0.2) is 4.98 Å². The molecule has 0 bridgehead atoms. The first kappa shape index (κ1) is 14.0. The molecule has 20 heavy (non-hydrogen) atoms. The van der Waals surface area contributed by atoms with E-state index in [2.05, 4.69) is 48.3 Å². The number of nitrogens with one attached hydrogen (secondary N) is 1. The van der Waals surface area contributed by atoms with E-state index in [0.717, 1.165) is 25.2 Å². The third kappa shape index (κ3) is 3.03. The van der Waals surface area contributed by atoms with E-state index in [1.54, 1.807) is 0 Å². The Morgan fingerprint density at radius 3 is 3.05 bits per heavy atom. The van der Waals surface area contributed by atoms with Crippen molar-refractivity contribution < 1.29 is 0 Å². The van der Waals surface area contributed by atoms with Crippen molar-refractivity contribution in [3.05, 3.63) is 29.3 Å². The van der Waals surface area contributed by atoms with Crippen molar-refractivity contribution in [2.24, 2.45) is 0 Å². The second-order valence-electron chi connectivity index (χ2n) is 5.98. The van der Waals surface area contributed by atoms with Gasteiger partial charge in [0.05, 0.1) is 16.8 Å². The minimum atomic E-state index is 0.243. The molecular formula is C16H23N3S. The lowest BCUT2D eigenvalue weighted by Crippen LogP contribution is -2.48. The largest absolute Gasteiger partial charge is 0.310 e. The second-order valence-corrected chi connectivity index (χ2v) is 7.10. The summed E-state index contributed by atoms with van der Waals surface area (Å²) < 4.78 is 1.30. The molecule has 1 aliphatic rings. The molecule has 1 unspecified atom stereocenters. The topological polar surface area (TPSA) is 28.2 Å². The molecule has 2 aromatic rings. The zero-order valence-electron chi connectivity index (χ0n) is 12.4. The van der Waals surface area contributed by atoms with Crippen LogP contribution in [-0.4, -0.2) is 35.1 Å². The van der Waals surface area contributed by atoms with Gasteiger partial charge in [0.15, 0.2) is 0 Å². The molecule has 1 fully saturated rings. The van der Waals surface area contributed by atoms with Gasteiger partial charge >= 0.3 is 0 Å². The van der Waals surface area contributed by atoms with Crippen LogP contribution in [0.4, 0.5) is 0 Å². The number of thiazole rings is 1. The molecule has 0 radical (unpaired) electrons. The number of fused-ring (bicyclic) bond motifs is 1. The maximum absolute atomic E-state index is 4.77. The fraction of sp³-hybridized carbons (Fsp3) is 0.562. The lowest BCUT2D eigenvalue weighted by molar-refractivity contribution is 0.208. The molecule has 108 valence electrons. The molecule has 1 aromatic carbocycles. The Balaban J connectivity index is 1.75. The Bertz CT molecular complexity index is 547. The van der Waals surface area contributed by atoms with E-state index in [4.69, 9.17) is 4.98 Å². The van der Waals surface area contributed by atoms with Gasteiger partial charge in [0.2, 0.25) is 0 Å². The van der Waals surface area contributed by atoms with E-state index in [0.29, 0.717) is 0 Å². The number of nitrogens with zero attached hydrogens (tertiary/aromatic N) is 2. The first-order valence-electron chi connectivity index (χ1n) is 7.50. The van der Waals surface area contributed by atoms with E-state index in [9.17, 15) is 0 Å². The van der Waals surface area contributed by atoms with Crippen LogP contribution in [0.1, 0.15) is 31.7 Å². The molecule has 2 heterocycles. The van der Waals surface area contributed by atoms with E-state index >= 15 is 0 Å². The molecule has 0 spiro atoms. The summed E-state index contributed by atoms with van der Waals surface area (Å²) in [6, 6.07) is 8.43. The standard InChI is InChI=1S/C16H23N3S/c1-3-16(2)12-19(10-6-9-17-16)11-15-18-13-7-4-5-8-14(13)20-15/h4-5,7-8,17H,3,6,9-12H2,1-2H3. The Morgan fingerprint density at radius 1 is 1.40 bits per heavy atom. The molecule has 4 heteroatoms.